The van der Waals surface area contributed by atoms with E-state index >= 15 is 0 Å². The van der Waals surface area contributed by atoms with Gasteiger partial charge < -0.3 is 9.80 Å². The van der Waals surface area contributed by atoms with Crippen molar-refractivity contribution in [1.29, 1.82) is 0 Å². The summed E-state index contributed by atoms with van der Waals surface area (Å²) in [5, 5.41) is 5.26. The molecule has 0 atom stereocenters. The lowest BCUT2D eigenvalue weighted by Crippen LogP contribution is -2.57. The predicted octanol–water partition coefficient (Wildman–Crippen LogP) is 5.36. The second-order valence-electron chi connectivity index (χ2n) is 8.79. The van der Waals surface area contributed by atoms with Gasteiger partial charge in [-0.05, 0) is 0 Å². The van der Waals surface area contributed by atoms with Crippen molar-refractivity contribution in [3.63, 3.8) is 0 Å². The standard InChI is InChI=1S/C16H12F18N8/c1-37(2)5-6(39-9(17,18)11(21,22)41(13(25,26)27)15(39,31)32)7(38(3)4)35-36-8(5)40-10(19,20)12(23,24)42(14(28,29)30)16(40,33)34/h1-4H3. The van der Waals surface area contributed by atoms with Gasteiger partial charge in [0, 0.05) is 28.2 Å². The third kappa shape index (κ3) is 4.10. The highest BCUT2D eigenvalue weighted by molar-refractivity contribution is 5.90. The van der Waals surface area contributed by atoms with Gasteiger partial charge in [-0.3, -0.25) is 0 Å². The Labute approximate surface area is 220 Å². The van der Waals surface area contributed by atoms with E-state index in [0.717, 1.165) is 0 Å². The third-order valence-corrected chi connectivity index (χ3v) is 5.62. The highest BCUT2D eigenvalue weighted by Crippen LogP contribution is 2.65. The molecule has 242 valence electrons. The second-order valence-corrected chi connectivity index (χ2v) is 8.79. The molecule has 0 unspecified atom stereocenters. The molecular weight excluding hydrogens is 646 g/mol. The zero-order valence-electron chi connectivity index (χ0n) is 20.4. The maximum absolute atomic E-state index is 15.0. The average Bonchev–Trinajstić information content (AvgIpc) is 2.88. The molecule has 2 saturated heterocycles. The fraction of sp³-hybridized carbons (Fsp3) is 0.750. The lowest BCUT2D eigenvalue weighted by molar-refractivity contribution is -0.398. The van der Waals surface area contributed by atoms with E-state index in [9.17, 15) is 79.0 Å². The summed E-state index contributed by atoms with van der Waals surface area (Å²) in [5.41, 5.74) is -4.76. The molecule has 0 spiro atoms. The normalized spacial score (nSPS) is 24.8. The molecule has 3 rings (SSSR count). The van der Waals surface area contributed by atoms with Gasteiger partial charge >= 0.3 is 49.1 Å². The lowest BCUT2D eigenvalue weighted by atomic mass is 10.2. The van der Waals surface area contributed by atoms with Gasteiger partial charge in [0.15, 0.2) is 11.6 Å². The van der Waals surface area contributed by atoms with Crippen LogP contribution in [0, 0.1) is 0 Å². The minimum atomic E-state index is -7.01. The summed E-state index contributed by atoms with van der Waals surface area (Å²) < 4.78 is 255. The molecule has 0 bridgehead atoms. The van der Waals surface area contributed by atoms with Crippen LogP contribution in [0.15, 0.2) is 0 Å². The van der Waals surface area contributed by atoms with E-state index in [2.05, 4.69) is 10.2 Å². The topological polar surface area (TPSA) is 45.2 Å². The van der Waals surface area contributed by atoms with Crippen LogP contribution in [-0.4, -0.2) is 97.3 Å². The Hall–Kier alpha value is -3.06. The summed E-state index contributed by atoms with van der Waals surface area (Å²) >= 11 is 0. The van der Waals surface area contributed by atoms with E-state index in [-0.39, 0.29) is 9.80 Å². The van der Waals surface area contributed by atoms with Crippen LogP contribution in [-0.2, 0) is 0 Å². The molecule has 0 saturated carbocycles. The van der Waals surface area contributed by atoms with Crippen LogP contribution in [0.1, 0.15) is 0 Å². The molecule has 2 aliphatic rings. The van der Waals surface area contributed by atoms with Crippen molar-refractivity contribution >= 4 is 23.0 Å². The largest absolute Gasteiger partial charge is 0.471 e. The molecule has 0 N–H and O–H groups in total. The Morgan fingerprint density at radius 3 is 1.19 bits per heavy atom. The van der Waals surface area contributed by atoms with Crippen LogP contribution in [0.4, 0.5) is 102 Å². The van der Waals surface area contributed by atoms with Crippen molar-refractivity contribution in [2.75, 3.05) is 47.8 Å². The molecule has 2 fully saturated rings. The Morgan fingerprint density at radius 1 is 0.524 bits per heavy atom. The van der Waals surface area contributed by atoms with E-state index < -0.39 is 91.7 Å². The van der Waals surface area contributed by atoms with Crippen molar-refractivity contribution in [2.45, 2.75) is 49.1 Å². The summed E-state index contributed by atoms with van der Waals surface area (Å²) in [6.45, 7) is 0. The van der Waals surface area contributed by atoms with E-state index in [0.29, 0.717) is 28.2 Å². The molecule has 0 aromatic carbocycles. The first kappa shape index (κ1) is 33.4. The first-order valence-electron chi connectivity index (χ1n) is 10.2. The molecule has 1 aromatic heterocycles. The van der Waals surface area contributed by atoms with Gasteiger partial charge in [-0.1, -0.05) is 9.80 Å². The zero-order chi connectivity index (χ0) is 33.2. The zero-order valence-corrected chi connectivity index (χ0v) is 20.4. The Morgan fingerprint density at radius 2 is 0.881 bits per heavy atom. The van der Waals surface area contributed by atoms with Gasteiger partial charge in [-0.15, -0.1) is 10.2 Å². The van der Waals surface area contributed by atoms with Crippen LogP contribution in [0.2, 0.25) is 0 Å². The summed E-state index contributed by atoms with van der Waals surface area (Å²) in [4.78, 5) is -11.4. The molecule has 8 nitrogen and oxygen atoms in total. The van der Waals surface area contributed by atoms with Gasteiger partial charge in [0.2, 0.25) is 0 Å². The molecule has 42 heavy (non-hydrogen) atoms. The Bertz CT molecular complexity index is 1230. The number of hydrogen-bond acceptors (Lipinski definition) is 8. The third-order valence-electron chi connectivity index (χ3n) is 5.62. The predicted molar refractivity (Wildman–Crippen MR) is 101 cm³/mol. The highest BCUT2D eigenvalue weighted by atomic mass is 19.4. The summed E-state index contributed by atoms with van der Waals surface area (Å²) in [5.74, 6) is -4.42. The second kappa shape index (κ2) is 8.75. The maximum atomic E-state index is 15.0. The Kier molecular flexibility index (Phi) is 6.96. The van der Waals surface area contributed by atoms with Crippen molar-refractivity contribution in [1.82, 2.24) is 20.0 Å². The monoisotopic (exact) mass is 658 g/mol. The van der Waals surface area contributed by atoms with Crippen molar-refractivity contribution in [3.8, 4) is 0 Å². The van der Waals surface area contributed by atoms with E-state index in [1.807, 2.05) is 0 Å². The van der Waals surface area contributed by atoms with Crippen LogP contribution in [0.3, 0.4) is 0 Å². The number of hydrogen-bond donors (Lipinski definition) is 0. The van der Waals surface area contributed by atoms with E-state index in [4.69, 9.17) is 0 Å². The first-order valence-corrected chi connectivity index (χ1v) is 10.2. The molecule has 26 heteroatoms. The number of rotatable bonds is 4. The first-order chi connectivity index (χ1) is 18.3. The van der Waals surface area contributed by atoms with Crippen molar-refractivity contribution < 1.29 is 79.0 Å². The minimum Gasteiger partial charge on any atom is -0.373 e. The smallest absolute Gasteiger partial charge is 0.373 e. The van der Waals surface area contributed by atoms with Gasteiger partial charge in [-0.25, -0.2) is 9.80 Å². The maximum Gasteiger partial charge on any atom is 0.471 e. The molecular formula is C16H12F18N8. The average molecular weight is 658 g/mol. The van der Waals surface area contributed by atoms with Crippen molar-refractivity contribution in [2.24, 2.45) is 0 Å². The Balaban J connectivity index is 2.55. The number of alkyl halides is 18. The van der Waals surface area contributed by atoms with Crippen LogP contribution in [0.25, 0.3) is 0 Å². The van der Waals surface area contributed by atoms with Crippen LogP contribution < -0.4 is 19.6 Å². The van der Waals surface area contributed by atoms with Gasteiger partial charge in [0.1, 0.15) is 11.4 Å². The minimum absolute atomic E-state index is 0.118. The molecule has 0 aliphatic carbocycles. The number of halogens is 18. The quantitative estimate of drug-likeness (QED) is 0.317. The SMILES string of the molecule is CN(C)c1nnc(N2C(F)(F)N(C(F)(F)F)C(F)(F)C2(F)F)c(N(C)C)c1N1C(F)(F)N(C(F)(F)F)C(F)(F)C1(F)F. The molecule has 1 aromatic rings. The van der Waals surface area contributed by atoms with Crippen molar-refractivity contribution in [3.05, 3.63) is 0 Å². The van der Waals surface area contributed by atoms with Crippen LogP contribution >= 0.6 is 0 Å². The van der Waals surface area contributed by atoms with Gasteiger partial charge in [0.25, 0.3) is 0 Å². The van der Waals surface area contributed by atoms with Gasteiger partial charge in [0.05, 0.1) is 0 Å². The highest BCUT2D eigenvalue weighted by Gasteiger charge is 2.89. The lowest BCUT2D eigenvalue weighted by Gasteiger charge is -2.37. The van der Waals surface area contributed by atoms with Crippen LogP contribution in [0.5, 0.6) is 0 Å². The number of nitrogens with zero attached hydrogens (tertiary/aromatic N) is 8. The number of anilines is 4. The van der Waals surface area contributed by atoms with Gasteiger partial charge in [-0.2, -0.15) is 79.0 Å². The fourth-order valence-corrected chi connectivity index (χ4v) is 4.04. The fourth-order valence-electron chi connectivity index (χ4n) is 4.04. The number of aromatic nitrogens is 2. The molecule has 0 radical (unpaired) electrons. The van der Waals surface area contributed by atoms with E-state index in [1.165, 1.54) is 0 Å². The summed E-state index contributed by atoms with van der Waals surface area (Å²) in [6, 6.07) is -27.4. The summed E-state index contributed by atoms with van der Waals surface area (Å²) in [6.07, 6.45) is -27.3. The molecule has 2 aliphatic heterocycles. The molecule has 0 amide bonds. The summed E-state index contributed by atoms with van der Waals surface area (Å²) in [7, 11) is 1.97. The van der Waals surface area contributed by atoms with E-state index in [1.54, 1.807) is 0 Å². The molecule has 3 heterocycles.